The number of benzene rings is 2. The number of nitrogens with one attached hydrogen (secondary N) is 1. The molecule has 1 N–H and O–H groups in total. The maximum Gasteiger partial charge on any atom is 0.220 e. The molecule has 5 nitrogen and oxygen atoms in total. The summed E-state index contributed by atoms with van der Waals surface area (Å²) in [6.07, 6.45) is 4.42. The summed E-state index contributed by atoms with van der Waals surface area (Å²) < 4.78 is 6.20. The predicted molar refractivity (Wildman–Crippen MR) is 135 cm³/mol. The smallest absolute Gasteiger partial charge is 0.220 e. The minimum absolute atomic E-state index is 0.0754. The third-order valence-corrected chi connectivity index (χ3v) is 6.24. The lowest BCUT2D eigenvalue weighted by molar-refractivity contribution is -0.121. The van der Waals surface area contributed by atoms with Crippen molar-refractivity contribution in [2.75, 3.05) is 13.1 Å². The first-order valence-corrected chi connectivity index (χ1v) is 12.3. The quantitative estimate of drug-likeness (QED) is 0.469. The van der Waals surface area contributed by atoms with Crippen molar-refractivity contribution in [1.82, 2.24) is 15.2 Å². The maximum absolute atomic E-state index is 11.9. The third-order valence-electron chi connectivity index (χ3n) is 6.24. The summed E-state index contributed by atoms with van der Waals surface area (Å²) in [5.41, 5.74) is 3.63. The second kappa shape index (κ2) is 11.8. The van der Waals surface area contributed by atoms with Crippen molar-refractivity contribution in [3.05, 3.63) is 95.7 Å². The number of nitrogens with zero attached hydrogens (tertiary/aromatic N) is 2. The molecule has 4 rings (SSSR count). The molecule has 3 aromatic rings. The van der Waals surface area contributed by atoms with Crippen LogP contribution in [-0.2, 0) is 11.3 Å². The molecule has 178 valence electrons. The molecule has 1 aromatic heterocycles. The summed E-state index contributed by atoms with van der Waals surface area (Å²) in [7, 11) is 0. The lowest BCUT2D eigenvalue weighted by Crippen LogP contribution is -2.40. The topological polar surface area (TPSA) is 54.5 Å². The molecule has 34 heavy (non-hydrogen) atoms. The number of rotatable bonds is 9. The lowest BCUT2D eigenvalue weighted by atomic mass is 9.94. The van der Waals surface area contributed by atoms with E-state index in [9.17, 15) is 4.79 Å². The molecule has 0 atom stereocenters. The number of amides is 1. The van der Waals surface area contributed by atoms with E-state index in [1.165, 1.54) is 11.1 Å². The fraction of sp³-hybridized carbons (Fsp3) is 0.379. The lowest BCUT2D eigenvalue weighted by Gasteiger charge is -2.38. The number of likely N-dealkylation sites (tertiary alicyclic amines) is 1. The average Bonchev–Trinajstić information content (AvgIpc) is 2.86. The van der Waals surface area contributed by atoms with Gasteiger partial charge in [0.2, 0.25) is 11.8 Å². The molecule has 2 aromatic carbocycles. The minimum atomic E-state index is 0.0754. The van der Waals surface area contributed by atoms with E-state index < -0.39 is 0 Å². The highest BCUT2D eigenvalue weighted by atomic mass is 16.5. The summed E-state index contributed by atoms with van der Waals surface area (Å²) in [6.45, 7) is 6.53. The van der Waals surface area contributed by atoms with Gasteiger partial charge in [-0.3, -0.25) is 9.69 Å². The van der Waals surface area contributed by atoms with Gasteiger partial charge in [0.1, 0.15) is 6.10 Å². The number of pyridine rings is 1. The fourth-order valence-corrected chi connectivity index (χ4v) is 4.54. The van der Waals surface area contributed by atoms with Gasteiger partial charge in [-0.05, 0) is 35.4 Å². The van der Waals surface area contributed by atoms with E-state index >= 15 is 0 Å². The monoisotopic (exact) mass is 457 g/mol. The number of aromatic nitrogens is 1. The van der Waals surface area contributed by atoms with Crippen LogP contribution in [0, 0.1) is 5.92 Å². The van der Waals surface area contributed by atoms with Crippen LogP contribution in [0.5, 0.6) is 5.88 Å². The zero-order chi connectivity index (χ0) is 23.8. The zero-order valence-corrected chi connectivity index (χ0v) is 20.2. The molecule has 1 aliphatic rings. The Hall–Kier alpha value is -3.18. The first kappa shape index (κ1) is 24.0. The van der Waals surface area contributed by atoms with Gasteiger partial charge in [-0.2, -0.15) is 0 Å². The van der Waals surface area contributed by atoms with Crippen LogP contribution in [0.4, 0.5) is 0 Å². The van der Waals surface area contributed by atoms with Crippen LogP contribution in [0.2, 0.25) is 0 Å². The Labute approximate surface area is 203 Å². The van der Waals surface area contributed by atoms with Crippen LogP contribution in [0.15, 0.2) is 79.0 Å². The van der Waals surface area contributed by atoms with E-state index in [2.05, 4.69) is 75.9 Å². The first-order chi connectivity index (χ1) is 16.6. The first-order valence-electron chi connectivity index (χ1n) is 12.3. The second-order valence-electron chi connectivity index (χ2n) is 9.46. The van der Waals surface area contributed by atoms with Crippen molar-refractivity contribution in [1.29, 1.82) is 0 Å². The van der Waals surface area contributed by atoms with Crippen molar-refractivity contribution >= 4 is 5.91 Å². The molecule has 0 saturated carbocycles. The van der Waals surface area contributed by atoms with Gasteiger partial charge in [-0.1, -0.05) is 80.6 Å². The van der Waals surface area contributed by atoms with Gasteiger partial charge < -0.3 is 10.1 Å². The Morgan fingerprint density at radius 3 is 2.12 bits per heavy atom. The van der Waals surface area contributed by atoms with Gasteiger partial charge in [0.25, 0.3) is 0 Å². The van der Waals surface area contributed by atoms with Gasteiger partial charge in [0.15, 0.2) is 0 Å². The Balaban J connectivity index is 1.31. The van der Waals surface area contributed by atoms with Crippen molar-refractivity contribution in [2.24, 2.45) is 5.92 Å². The van der Waals surface area contributed by atoms with E-state index in [1.54, 1.807) is 6.20 Å². The molecule has 0 spiro atoms. The maximum atomic E-state index is 11.9. The van der Waals surface area contributed by atoms with Crippen LogP contribution in [0.3, 0.4) is 0 Å². The van der Waals surface area contributed by atoms with E-state index in [4.69, 9.17) is 4.74 Å². The summed E-state index contributed by atoms with van der Waals surface area (Å²) in [4.78, 5) is 18.9. The molecular weight excluding hydrogens is 422 g/mol. The van der Waals surface area contributed by atoms with E-state index in [1.807, 2.05) is 26.0 Å². The number of ether oxygens (including phenoxy) is 1. The molecule has 2 heterocycles. The van der Waals surface area contributed by atoms with E-state index in [-0.39, 0.29) is 18.1 Å². The van der Waals surface area contributed by atoms with Crippen molar-refractivity contribution in [3.63, 3.8) is 0 Å². The minimum Gasteiger partial charge on any atom is -0.474 e. The van der Waals surface area contributed by atoms with Gasteiger partial charge in [-0.25, -0.2) is 4.98 Å². The Morgan fingerprint density at radius 2 is 1.59 bits per heavy atom. The Morgan fingerprint density at radius 1 is 0.971 bits per heavy atom. The molecule has 1 saturated heterocycles. The summed E-state index contributed by atoms with van der Waals surface area (Å²) in [5, 5.41) is 2.95. The van der Waals surface area contributed by atoms with Crippen LogP contribution >= 0.6 is 0 Å². The summed E-state index contributed by atoms with van der Waals surface area (Å²) in [6, 6.07) is 25.6. The fourth-order valence-electron chi connectivity index (χ4n) is 4.54. The molecule has 0 unspecified atom stereocenters. The molecule has 5 heteroatoms. The number of piperidine rings is 1. The molecular formula is C29H35N3O2. The number of hydrogen-bond donors (Lipinski definition) is 1. The molecule has 1 amide bonds. The number of hydrogen-bond acceptors (Lipinski definition) is 4. The second-order valence-corrected chi connectivity index (χ2v) is 9.46. The zero-order valence-electron chi connectivity index (χ0n) is 20.2. The number of carbonyl (C=O) groups excluding carboxylic acids is 1. The Kier molecular flexibility index (Phi) is 8.31. The predicted octanol–water partition coefficient (Wildman–Crippen LogP) is 5.38. The normalized spacial score (nSPS) is 14.9. The van der Waals surface area contributed by atoms with E-state index in [0.717, 1.165) is 31.5 Å². The van der Waals surface area contributed by atoms with E-state index in [0.29, 0.717) is 24.8 Å². The van der Waals surface area contributed by atoms with Crippen LogP contribution in [0.25, 0.3) is 0 Å². The van der Waals surface area contributed by atoms with Crippen molar-refractivity contribution in [3.8, 4) is 5.88 Å². The van der Waals surface area contributed by atoms with Crippen molar-refractivity contribution < 1.29 is 9.53 Å². The van der Waals surface area contributed by atoms with Gasteiger partial charge in [0.05, 0.1) is 6.04 Å². The summed E-state index contributed by atoms with van der Waals surface area (Å²) in [5.74, 6) is 1.08. The van der Waals surface area contributed by atoms with Gasteiger partial charge in [-0.15, -0.1) is 0 Å². The van der Waals surface area contributed by atoms with Crippen LogP contribution in [-0.4, -0.2) is 35.0 Å². The van der Waals surface area contributed by atoms with Gasteiger partial charge in [0, 0.05) is 38.3 Å². The highest BCUT2D eigenvalue weighted by Crippen LogP contribution is 2.31. The highest BCUT2D eigenvalue weighted by Gasteiger charge is 2.28. The molecule has 0 bridgehead atoms. The summed E-state index contributed by atoms with van der Waals surface area (Å²) >= 11 is 0. The largest absolute Gasteiger partial charge is 0.474 e. The molecule has 0 aliphatic carbocycles. The van der Waals surface area contributed by atoms with Crippen molar-refractivity contribution in [2.45, 2.75) is 51.8 Å². The van der Waals surface area contributed by atoms with Gasteiger partial charge >= 0.3 is 0 Å². The average molecular weight is 458 g/mol. The number of carbonyl (C=O) groups is 1. The van der Waals surface area contributed by atoms with Crippen LogP contribution in [0.1, 0.15) is 55.8 Å². The standard InChI is InChI=1S/C29H35N3O2/c1-22(2)19-27(33)30-20-23-13-14-28(31-21-23)34-26-15-17-32(18-16-26)29(24-9-5-3-6-10-24)25-11-7-4-8-12-25/h3-14,21-22,26,29H,15-20H2,1-2H3,(H,30,33). The molecule has 0 radical (unpaired) electrons. The highest BCUT2D eigenvalue weighted by molar-refractivity contribution is 5.76. The molecule has 1 aliphatic heterocycles. The van der Waals surface area contributed by atoms with Crippen LogP contribution < -0.4 is 10.1 Å². The SMILES string of the molecule is CC(C)CC(=O)NCc1ccc(OC2CCN(C(c3ccccc3)c3ccccc3)CC2)nc1. The third kappa shape index (κ3) is 6.67. The molecule has 1 fully saturated rings. The Bertz CT molecular complexity index is 975.